The first-order valence-electron chi connectivity index (χ1n) is 8.96. The number of hydrogen-bond acceptors (Lipinski definition) is 5. The summed E-state index contributed by atoms with van der Waals surface area (Å²) < 4.78 is 5.60. The third-order valence-corrected chi connectivity index (χ3v) is 5.14. The Balaban J connectivity index is 0.00000338. The lowest BCUT2D eigenvalue weighted by molar-refractivity contribution is -0.384. The van der Waals surface area contributed by atoms with Gasteiger partial charge in [-0.25, -0.2) is 0 Å². The maximum Gasteiger partial charge on any atom is 0.316 e. The largest absolute Gasteiger partial charge is 0.464 e. The summed E-state index contributed by atoms with van der Waals surface area (Å²) in [5.74, 6) is -0.208. The van der Waals surface area contributed by atoms with Crippen LogP contribution >= 0.6 is 12.4 Å². The number of carbonyl (C=O) groups is 1. The van der Waals surface area contributed by atoms with Crippen molar-refractivity contribution in [2.45, 2.75) is 64.5 Å². The average Bonchev–Trinajstić information content (AvgIpc) is 2.50. The van der Waals surface area contributed by atoms with E-state index >= 15 is 0 Å². The molecule has 0 saturated heterocycles. The summed E-state index contributed by atoms with van der Waals surface area (Å²) in [5.41, 5.74) is 0.227. The van der Waals surface area contributed by atoms with Crippen LogP contribution in [0.15, 0.2) is 24.3 Å². The third-order valence-electron chi connectivity index (χ3n) is 5.14. The standard InChI is InChI=1S/C19H28N2O4.ClH/c1-14(2)20(15(3)4)12-13-25-18(22)19(10-5-11-19)16-6-8-17(9-7-16)21(23)24;/h6-9,14-15H,5,10-13H2,1-4H3;1H. The van der Waals surface area contributed by atoms with Crippen LogP contribution in [0.25, 0.3) is 0 Å². The fourth-order valence-corrected chi connectivity index (χ4v) is 3.54. The number of rotatable bonds is 8. The zero-order valence-corrected chi connectivity index (χ0v) is 16.8. The van der Waals surface area contributed by atoms with Gasteiger partial charge in [-0.2, -0.15) is 0 Å². The lowest BCUT2D eigenvalue weighted by Crippen LogP contribution is -2.45. The lowest BCUT2D eigenvalue weighted by Gasteiger charge is -2.40. The summed E-state index contributed by atoms with van der Waals surface area (Å²) in [4.78, 5) is 25.4. The van der Waals surface area contributed by atoms with Gasteiger partial charge in [0, 0.05) is 30.8 Å². The minimum absolute atomic E-state index is 0. The number of nitro benzene ring substituents is 1. The molecule has 0 atom stereocenters. The van der Waals surface area contributed by atoms with Crippen molar-refractivity contribution >= 4 is 24.1 Å². The van der Waals surface area contributed by atoms with E-state index < -0.39 is 10.3 Å². The molecule has 1 fully saturated rings. The van der Waals surface area contributed by atoms with Gasteiger partial charge in [0.2, 0.25) is 0 Å². The highest BCUT2D eigenvalue weighted by Gasteiger charge is 2.47. The van der Waals surface area contributed by atoms with Crippen LogP contribution in [0.2, 0.25) is 0 Å². The van der Waals surface area contributed by atoms with E-state index in [9.17, 15) is 14.9 Å². The van der Waals surface area contributed by atoms with Crippen LogP contribution in [0.5, 0.6) is 0 Å². The summed E-state index contributed by atoms with van der Waals surface area (Å²) in [6.45, 7) is 9.60. The first-order valence-corrected chi connectivity index (χ1v) is 8.96. The van der Waals surface area contributed by atoms with Crippen LogP contribution < -0.4 is 0 Å². The maximum atomic E-state index is 12.7. The molecule has 1 aromatic rings. The minimum Gasteiger partial charge on any atom is -0.464 e. The number of nitrogens with zero attached hydrogens (tertiary/aromatic N) is 2. The molecule has 1 aromatic carbocycles. The van der Waals surface area contributed by atoms with Crippen molar-refractivity contribution in [3.05, 3.63) is 39.9 Å². The summed E-state index contributed by atoms with van der Waals surface area (Å²) in [5, 5.41) is 10.8. The molecule has 6 nitrogen and oxygen atoms in total. The van der Waals surface area contributed by atoms with Crippen LogP contribution in [0.1, 0.15) is 52.5 Å². The van der Waals surface area contributed by atoms with Crippen LogP contribution in [-0.4, -0.2) is 41.0 Å². The van der Waals surface area contributed by atoms with E-state index in [2.05, 4.69) is 32.6 Å². The van der Waals surface area contributed by atoms with E-state index in [4.69, 9.17) is 4.74 Å². The normalized spacial score (nSPS) is 15.5. The maximum absolute atomic E-state index is 12.7. The number of ether oxygens (including phenoxy) is 1. The predicted octanol–water partition coefficient (Wildman–Crippen LogP) is 4.10. The van der Waals surface area contributed by atoms with Crippen molar-refractivity contribution in [1.82, 2.24) is 4.90 Å². The molecule has 0 radical (unpaired) electrons. The van der Waals surface area contributed by atoms with Gasteiger partial charge in [-0.3, -0.25) is 19.8 Å². The van der Waals surface area contributed by atoms with Crippen molar-refractivity contribution in [3.8, 4) is 0 Å². The molecule has 0 amide bonds. The minimum atomic E-state index is -0.629. The van der Waals surface area contributed by atoms with Crippen molar-refractivity contribution in [2.75, 3.05) is 13.2 Å². The highest BCUT2D eigenvalue weighted by atomic mass is 35.5. The summed E-state index contributed by atoms with van der Waals surface area (Å²) in [6, 6.07) is 7.08. The van der Waals surface area contributed by atoms with E-state index in [-0.39, 0.29) is 24.1 Å². The first kappa shape index (κ1) is 22.4. The van der Waals surface area contributed by atoms with E-state index in [1.54, 1.807) is 12.1 Å². The van der Waals surface area contributed by atoms with Crippen molar-refractivity contribution in [1.29, 1.82) is 0 Å². The molecule has 0 aliphatic heterocycles. The molecule has 146 valence electrons. The third kappa shape index (κ3) is 4.74. The molecule has 26 heavy (non-hydrogen) atoms. The second-order valence-corrected chi connectivity index (χ2v) is 7.30. The number of carbonyl (C=O) groups excluding carboxylic acids is 1. The molecule has 1 aliphatic rings. The van der Waals surface area contributed by atoms with Gasteiger partial charge < -0.3 is 4.74 Å². The number of halogens is 1. The Morgan fingerprint density at radius 1 is 1.19 bits per heavy atom. The zero-order chi connectivity index (χ0) is 18.6. The molecule has 7 heteroatoms. The van der Waals surface area contributed by atoms with E-state index in [1.807, 2.05) is 0 Å². The smallest absolute Gasteiger partial charge is 0.316 e. The van der Waals surface area contributed by atoms with Gasteiger partial charge >= 0.3 is 5.97 Å². The molecule has 0 spiro atoms. The molecule has 0 bridgehead atoms. The van der Waals surface area contributed by atoms with Crippen molar-refractivity contribution < 1.29 is 14.5 Å². The fraction of sp³-hybridized carbons (Fsp3) is 0.632. The molecule has 2 rings (SSSR count). The predicted molar refractivity (Wildman–Crippen MR) is 104 cm³/mol. The van der Waals surface area contributed by atoms with Crippen molar-refractivity contribution in [2.24, 2.45) is 0 Å². The van der Waals surface area contributed by atoms with Crippen LogP contribution in [0, 0.1) is 10.1 Å². The number of nitro groups is 1. The Morgan fingerprint density at radius 3 is 2.12 bits per heavy atom. The van der Waals surface area contributed by atoms with Crippen LogP contribution in [0.3, 0.4) is 0 Å². The lowest BCUT2D eigenvalue weighted by atomic mass is 9.64. The topological polar surface area (TPSA) is 72.7 Å². The fourth-order valence-electron chi connectivity index (χ4n) is 3.54. The Morgan fingerprint density at radius 2 is 1.73 bits per heavy atom. The monoisotopic (exact) mass is 384 g/mol. The molecular weight excluding hydrogens is 356 g/mol. The Kier molecular flexibility index (Phi) is 8.03. The molecule has 0 N–H and O–H groups in total. The number of non-ortho nitro benzene ring substituents is 1. The van der Waals surface area contributed by atoms with Gasteiger partial charge in [0.05, 0.1) is 10.3 Å². The Bertz CT molecular complexity index is 604. The molecule has 0 unspecified atom stereocenters. The molecule has 0 heterocycles. The molecular formula is C19H29ClN2O4. The van der Waals surface area contributed by atoms with Gasteiger partial charge in [0.1, 0.15) is 6.61 Å². The SMILES string of the molecule is CC(C)N(CCOC(=O)C1(c2ccc([N+](=O)[O-])cc2)CCC1)C(C)C.Cl. The Hall–Kier alpha value is -1.66. The van der Waals surface area contributed by atoms with Gasteiger partial charge in [0.25, 0.3) is 5.69 Å². The van der Waals surface area contributed by atoms with Gasteiger partial charge in [-0.15, -0.1) is 12.4 Å². The molecule has 0 aromatic heterocycles. The molecule has 1 saturated carbocycles. The summed E-state index contributed by atoms with van der Waals surface area (Å²) in [7, 11) is 0. The summed E-state index contributed by atoms with van der Waals surface area (Å²) >= 11 is 0. The van der Waals surface area contributed by atoms with E-state index in [0.29, 0.717) is 25.2 Å². The van der Waals surface area contributed by atoms with Gasteiger partial charge in [-0.05, 0) is 46.1 Å². The Labute approximate surface area is 161 Å². The highest BCUT2D eigenvalue weighted by molar-refractivity contribution is 5.85. The number of esters is 1. The quantitative estimate of drug-likeness (QED) is 0.383. The second-order valence-electron chi connectivity index (χ2n) is 7.30. The van der Waals surface area contributed by atoms with Gasteiger partial charge in [0.15, 0.2) is 0 Å². The average molecular weight is 385 g/mol. The van der Waals surface area contributed by atoms with Gasteiger partial charge in [-0.1, -0.05) is 18.6 Å². The van der Waals surface area contributed by atoms with Crippen LogP contribution in [-0.2, 0) is 14.9 Å². The van der Waals surface area contributed by atoms with E-state index in [0.717, 1.165) is 24.8 Å². The highest BCUT2D eigenvalue weighted by Crippen LogP contribution is 2.45. The first-order chi connectivity index (χ1) is 11.8. The second kappa shape index (κ2) is 9.33. The number of benzene rings is 1. The summed E-state index contributed by atoms with van der Waals surface area (Å²) in [6.07, 6.45) is 2.44. The molecule has 1 aliphatic carbocycles. The van der Waals surface area contributed by atoms with Crippen molar-refractivity contribution in [3.63, 3.8) is 0 Å². The zero-order valence-electron chi connectivity index (χ0n) is 15.9. The van der Waals surface area contributed by atoms with E-state index in [1.165, 1.54) is 12.1 Å². The number of hydrogen-bond donors (Lipinski definition) is 0. The van der Waals surface area contributed by atoms with Crippen LogP contribution in [0.4, 0.5) is 5.69 Å².